The first-order chi connectivity index (χ1) is 12.1. The first-order valence-electron chi connectivity index (χ1n) is 8.88. The Bertz CT molecular complexity index is 542. The molecule has 1 aromatic rings. The topological polar surface area (TPSA) is 48.9 Å². The van der Waals surface area contributed by atoms with Crippen LogP contribution in [0.25, 0.3) is 0 Å². The lowest BCUT2D eigenvalue weighted by Gasteiger charge is -2.31. The van der Waals surface area contributed by atoms with Crippen LogP contribution in [0.3, 0.4) is 0 Å². The molecule has 7 heteroatoms. The van der Waals surface area contributed by atoms with Crippen molar-refractivity contribution < 1.29 is 13.5 Å². The lowest BCUT2D eigenvalue weighted by Crippen LogP contribution is -2.44. The Balaban J connectivity index is 1.84. The van der Waals surface area contributed by atoms with Gasteiger partial charge in [0.25, 0.3) is 0 Å². The number of nitrogens with one attached hydrogen (secondary N) is 2. The number of halogens is 2. The maximum Gasteiger partial charge on any atom is 0.191 e. The highest BCUT2D eigenvalue weighted by Gasteiger charge is 2.16. The number of guanidine groups is 1. The van der Waals surface area contributed by atoms with E-state index in [9.17, 15) is 8.78 Å². The highest BCUT2D eigenvalue weighted by Crippen LogP contribution is 2.12. The van der Waals surface area contributed by atoms with Gasteiger partial charge in [-0.1, -0.05) is 6.07 Å². The third-order valence-electron chi connectivity index (χ3n) is 4.26. The fraction of sp³-hybridized carbons (Fsp3) is 0.611. The second-order valence-electron chi connectivity index (χ2n) is 6.09. The van der Waals surface area contributed by atoms with Crippen molar-refractivity contribution in [3.05, 3.63) is 35.4 Å². The van der Waals surface area contributed by atoms with Gasteiger partial charge in [-0.2, -0.15) is 0 Å². The quantitative estimate of drug-likeness (QED) is 0.579. The molecule has 25 heavy (non-hydrogen) atoms. The molecule has 1 aliphatic rings. The van der Waals surface area contributed by atoms with Gasteiger partial charge in [0.15, 0.2) is 5.96 Å². The molecule has 2 rings (SSSR count). The minimum absolute atomic E-state index is 0.104. The molecule has 1 aliphatic heterocycles. The normalized spacial score (nSPS) is 17.4. The number of nitrogens with zero attached hydrogens (tertiary/aromatic N) is 2. The number of hydrogen-bond donors (Lipinski definition) is 2. The van der Waals surface area contributed by atoms with Crippen molar-refractivity contribution in [3.8, 4) is 0 Å². The lowest BCUT2D eigenvalue weighted by molar-refractivity contribution is 0.0220. The smallest absolute Gasteiger partial charge is 0.191 e. The standard InChI is InChI=1S/C18H28F2N4O/c1-3-21-18(23-13-14(2)24-9-11-25-12-10-24)22-8-7-15-16(19)5-4-6-17(15)20/h4-6,14H,3,7-13H2,1-2H3,(H2,21,22,23). The van der Waals surface area contributed by atoms with Crippen LogP contribution in [-0.2, 0) is 11.2 Å². The minimum Gasteiger partial charge on any atom is -0.379 e. The zero-order valence-corrected chi connectivity index (χ0v) is 15.0. The summed E-state index contributed by atoms with van der Waals surface area (Å²) < 4.78 is 32.7. The van der Waals surface area contributed by atoms with Crippen LogP contribution >= 0.6 is 0 Å². The van der Waals surface area contributed by atoms with E-state index >= 15 is 0 Å². The van der Waals surface area contributed by atoms with Gasteiger partial charge in [-0.05, 0) is 32.4 Å². The Kier molecular flexibility index (Phi) is 8.08. The molecule has 2 N–H and O–H groups in total. The monoisotopic (exact) mass is 354 g/mol. The number of ether oxygens (including phenoxy) is 1. The maximum absolute atomic E-state index is 13.7. The van der Waals surface area contributed by atoms with E-state index in [4.69, 9.17) is 4.74 Å². The minimum atomic E-state index is -0.510. The molecule has 0 bridgehead atoms. The van der Waals surface area contributed by atoms with Crippen molar-refractivity contribution in [2.24, 2.45) is 4.99 Å². The average molecular weight is 354 g/mol. The fourth-order valence-electron chi connectivity index (χ4n) is 2.78. The van der Waals surface area contributed by atoms with Gasteiger partial charge in [0.1, 0.15) is 11.6 Å². The molecule has 1 saturated heterocycles. The number of morpholine rings is 1. The summed E-state index contributed by atoms with van der Waals surface area (Å²) in [7, 11) is 0. The largest absolute Gasteiger partial charge is 0.379 e. The van der Waals surface area contributed by atoms with Gasteiger partial charge in [0.2, 0.25) is 0 Å². The summed E-state index contributed by atoms with van der Waals surface area (Å²) in [5, 5.41) is 6.31. The Hall–Kier alpha value is -1.73. The van der Waals surface area contributed by atoms with E-state index in [1.807, 2.05) is 6.92 Å². The van der Waals surface area contributed by atoms with Gasteiger partial charge in [0.05, 0.1) is 19.8 Å². The molecule has 0 aliphatic carbocycles. The summed E-state index contributed by atoms with van der Waals surface area (Å²) in [6, 6.07) is 4.26. The third-order valence-corrected chi connectivity index (χ3v) is 4.26. The van der Waals surface area contributed by atoms with Crippen LogP contribution in [0, 0.1) is 11.6 Å². The Morgan fingerprint density at radius 3 is 2.56 bits per heavy atom. The van der Waals surface area contributed by atoms with Crippen molar-refractivity contribution >= 4 is 5.96 Å². The van der Waals surface area contributed by atoms with Crippen LogP contribution in [0.4, 0.5) is 8.78 Å². The van der Waals surface area contributed by atoms with Gasteiger partial charge in [0, 0.05) is 37.8 Å². The van der Waals surface area contributed by atoms with Crippen LogP contribution in [0.1, 0.15) is 19.4 Å². The van der Waals surface area contributed by atoms with Gasteiger partial charge >= 0.3 is 0 Å². The molecule has 0 amide bonds. The molecule has 1 unspecified atom stereocenters. The van der Waals surface area contributed by atoms with Crippen molar-refractivity contribution in [3.63, 3.8) is 0 Å². The molecular weight excluding hydrogens is 326 g/mol. The molecule has 140 valence electrons. The number of hydrogen-bond acceptors (Lipinski definition) is 3. The van der Waals surface area contributed by atoms with Gasteiger partial charge in [-0.15, -0.1) is 0 Å². The second kappa shape index (κ2) is 10.3. The van der Waals surface area contributed by atoms with E-state index in [-0.39, 0.29) is 12.0 Å². The van der Waals surface area contributed by atoms with Crippen molar-refractivity contribution in [2.45, 2.75) is 26.3 Å². The van der Waals surface area contributed by atoms with Crippen LogP contribution in [0.5, 0.6) is 0 Å². The van der Waals surface area contributed by atoms with Crippen molar-refractivity contribution in [1.29, 1.82) is 0 Å². The van der Waals surface area contributed by atoms with Crippen LogP contribution in [0.15, 0.2) is 23.2 Å². The average Bonchev–Trinajstić information content (AvgIpc) is 2.62. The molecule has 0 spiro atoms. The summed E-state index contributed by atoms with van der Waals surface area (Å²) in [6.45, 7) is 9.30. The highest BCUT2D eigenvalue weighted by molar-refractivity contribution is 5.79. The molecule has 0 aromatic heterocycles. The molecule has 1 fully saturated rings. The molecule has 1 heterocycles. The van der Waals surface area contributed by atoms with Crippen molar-refractivity contribution in [2.75, 3.05) is 45.9 Å². The van der Waals surface area contributed by atoms with E-state index < -0.39 is 11.6 Å². The third kappa shape index (κ3) is 6.25. The summed E-state index contributed by atoms with van der Waals surface area (Å²) in [6.07, 6.45) is 0.266. The summed E-state index contributed by atoms with van der Waals surface area (Å²) in [5.41, 5.74) is 0.104. The lowest BCUT2D eigenvalue weighted by atomic mass is 10.1. The van der Waals surface area contributed by atoms with E-state index in [2.05, 4.69) is 27.4 Å². The molecule has 1 aromatic carbocycles. The molecule has 1 atom stereocenters. The zero-order valence-electron chi connectivity index (χ0n) is 15.0. The van der Waals surface area contributed by atoms with E-state index in [0.29, 0.717) is 25.1 Å². The summed E-state index contributed by atoms with van der Waals surface area (Å²) in [4.78, 5) is 6.94. The SMILES string of the molecule is CCNC(=NCC(C)N1CCOCC1)NCCc1c(F)cccc1F. The van der Waals surface area contributed by atoms with Gasteiger partial charge < -0.3 is 15.4 Å². The maximum atomic E-state index is 13.7. The van der Waals surface area contributed by atoms with Gasteiger partial charge in [-0.25, -0.2) is 8.78 Å². The zero-order chi connectivity index (χ0) is 18.1. The molecule has 0 radical (unpaired) electrons. The van der Waals surface area contributed by atoms with E-state index in [1.54, 1.807) is 0 Å². The summed E-state index contributed by atoms with van der Waals surface area (Å²) >= 11 is 0. The predicted octanol–water partition coefficient (Wildman–Crippen LogP) is 1.78. The Morgan fingerprint density at radius 1 is 1.24 bits per heavy atom. The van der Waals surface area contributed by atoms with Crippen LogP contribution in [0.2, 0.25) is 0 Å². The van der Waals surface area contributed by atoms with Crippen LogP contribution < -0.4 is 10.6 Å². The second-order valence-corrected chi connectivity index (χ2v) is 6.09. The van der Waals surface area contributed by atoms with Crippen molar-refractivity contribution in [1.82, 2.24) is 15.5 Å². The molecule has 0 saturated carbocycles. The number of aliphatic imine (C=N–C) groups is 1. The number of rotatable bonds is 7. The predicted molar refractivity (Wildman–Crippen MR) is 95.9 cm³/mol. The van der Waals surface area contributed by atoms with Gasteiger partial charge in [-0.3, -0.25) is 9.89 Å². The Morgan fingerprint density at radius 2 is 1.92 bits per heavy atom. The van der Waals surface area contributed by atoms with E-state index in [1.165, 1.54) is 18.2 Å². The summed E-state index contributed by atoms with van der Waals surface area (Å²) in [5.74, 6) is -0.353. The fourth-order valence-corrected chi connectivity index (χ4v) is 2.78. The Labute approximate surface area is 148 Å². The number of benzene rings is 1. The first kappa shape index (κ1) is 19.6. The van der Waals surface area contributed by atoms with Crippen LogP contribution in [-0.4, -0.2) is 62.8 Å². The van der Waals surface area contributed by atoms with E-state index in [0.717, 1.165) is 32.8 Å². The molecular formula is C18H28F2N4O. The first-order valence-corrected chi connectivity index (χ1v) is 8.88. The molecule has 5 nitrogen and oxygen atoms in total. The highest BCUT2D eigenvalue weighted by atomic mass is 19.1.